The summed E-state index contributed by atoms with van der Waals surface area (Å²) in [5.74, 6) is 1.62. The molecule has 0 aromatic heterocycles. The molecule has 0 aliphatic carbocycles. The van der Waals surface area contributed by atoms with Crippen molar-refractivity contribution in [3.63, 3.8) is 0 Å². The van der Waals surface area contributed by atoms with Crippen LogP contribution in [0.2, 0.25) is 5.02 Å². The van der Waals surface area contributed by atoms with Crippen LogP contribution < -0.4 is 10.5 Å². The molecule has 0 fully saturated rings. The molecule has 0 bridgehead atoms. The molecule has 2 nitrogen and oxygen atoms in total. The second-order valence-corrected chi connectivity index (χ2v) is 4.61. The Labute approximate surface area is 112 Å². The van der Waals surface area contributed by atoms with E-state index in [1.165, 1.54) is 5.56 Å². The van der Waals surface area contributed by atoms with Gasteiger partial charge in [0.1, 0.15) is 11.5 Å². The first-order valence-electron chi connectivity index (χ1n) is 5.92. The summed E-state index contributed by atoms with van der Waals surface area (Å²) < 4.78 is 5.80. The number of hydrogen-bond donors (Lipinski definition) is 1. The molecule has 0 unspecified atom stereocenters. The predicted molar refractivity (Wildman–Crippen MR) is 75.5 cm³/mol. The maximum absolute atomic E-state index is 5.98. The van der Waals surface area contributed by atoms with Crippen molar-refractivity contribution < 1.29 is 4.74 Å². The Morgan fingerprint density at radius 3 is 2.61 bits per heavy atom. The Balaban J connectivity index is 2.17. The van der Waals surface area contributed by atoms with Crippen LogP contribution >= 0.6 is 11.6 Å². The smallest absolute Gasteiger partial charge is 0.127 e. The molecule has 94 valence electrons. The summed E-state index contributed by atoms with van der Waals surface area (Å²) in [4.78, 5) is 0. The van der Waals surface area contributed by atoms with E-state index in [2.05, 4.69) is 0 Å². The quantitative estimate of drug-likeness (QED) is 0.905. The second kappa shape index (κ2) is 5.89. The molecule has 2 aromatic carbocycles. The Bertz CT molecular complexity index is 540. The first-order chi connectivity index (χ1) is 8.69. The number of ether oxygens (including phenoxy) is 1. The highest BCUT2D eigenvalue weighted by atomic mass is 35.5. The largest absolute Gasteiger partial charge is 0.457 e. The van der Waals surface area contributed by atoms with E-state index in [0.717, 1.165) is 28.5 Å². The van der Waals surface area contributed by atoms with Crippen molar-refractivity contribution in [1.29, 1.82) is 0 Å². The van der Waals surface area contributed by atoms with E-state index in [1.807, 2.05) is 49.4 Å². The van der Waals surface area contributed by atoms with Crippen molar-refractivity contribution in [1.82, 2.24) is 0 Å². The third-order valence-electron chi connectivity index (χ3n) is 2.70. The molecule has 2 N–H and O–H groups in total. The monoisotopic (exact) mass is 261 g/mol. The zero-order valence-electron chi connectivity index (χ0n) is 10.3. The number of rotatable bonds is 4. The van der Waals surface area contributed by atoms with Gasteiger partial charge in [-0.1, -0.05) is 23.7 Å². The summed E-state index contributed by atoms with van der Waals surface area (Å²) in [6.45, 7) is 2.60. The highest BCUT2D eigenvalue weighted by molar-refractivity contribution is 6.31. The van der Waals surface area contributed by atoms with Crippen LogP contribution in [0.5, 0.6) is 11.5 Å². The zero-order chi connectivity index (χ0) is 13.0. The molecule has 2 aromatic rings. The van der Waals surface area contributed by atoms with Crippen molar-refractivity contribution in [2.75, 3.05) is 6.54 Å². The first-order valence-corrected chi connectivity index (χ1v) is 6.30. The van der Waals surface area contributed by atoms with Crippen LogP contribution in [-0.2, 0) is 6.42 Å². The molecule has 0 radical (unpaired) electrons. The van der Waals surface area contributed by atoms with Gasteiger partial charge in [0.05, 0.1) is 0 Å². The van der Waals surface area contributed by atoms with Crippen molar-refractivity contribution >= 4 is 11.6 Å². The lowest BCUT2D eigenvalue weighted by atomic mass is 10.1. The minimum absolute atomic E-state index is 0.642. The van der Waals surface area contributed by atoms with E-state index in [0.29, 0.717) is 6.54 Å². The van der Waals surface area contributed by atoms with Gasteiger partial charge in [0.15, 0.2) is 0 Å². The molecule has 2 rings (SSSR count). The van der Waals surface area contributed by atoms with Crippen LogP contribution in [0.15, 0.2) is 42.5 Å². The summed E-state index contributed by atoms with van der Waals surface area (Å²) >= 11 is 5.98. The minimum Gasteiger partial charge on any atom is -0.457 e. The van der Waals surface area contributed by atoms with Crippen molar-refractivity contribution in [2.24, 2.45) is 5.73 Å². The minimum atomic E-state index is 0.642. The number of halogens is 1. The lowest BCUT2D eigenvalue weighted by Crippen LogP contribution is -2.02. The fourth-order valence-electron chi connectivity index (χ4n) is 1.75. The summed E-state index contributed by atoms with van der Waals surface area (Å²) in [7, 11) is 0. The molecule has 0 saturated heterocycles. The van der Waals surface area contributed by atoms with Gasteiger partial charge in [0.2, 0.25) is 0 Å². The summed E-state index contributed by atoms with van der Waals surface area (Å²) in [5, 5.41) is 0.749. The Morgan fingerprint density at radius 2 is 1.89 bits per heavy atom. The Hall–Kier alpha value is -1.51. The fraction of sp³-hybridized carbons (Fsp3) is 0.200. The highest BCUT2D eigenvalue weighted by Gasteiger charge is 2.01. The van der Waals surface area contributed by atoms with E-state index in [4.69, 9.17) is 22.1 Å². The van der Waals surface area contributed by atoms with Crippen LogP contribution in [0.4, 0.5) is 0 Å². The summed E-state index contributed by atoms with van der Waals surface area (Å²) in [6, 6.07) is 13.6. The van der Waals surface area contributed by atoms with Crippen LogP contribution in [0.25, 0.3) is 0 Å². The maximum Gasteiger partial charge on any atom is 0.127 e. The summed E-state index contributed by atoms with van der Waals surface area (Å²) in [6.07, 6.45) is 0.858. The molecule has 0 atom stereocenters. The highest BCUT2D eigenvalue weighted by Crippen LogP contribution is 2.26. The van der Waals surface area contributed by atoms with E-state index < -0.39 is 0 Å². The van der Waals surface area contributed by atoms with Crippen LogP contribution in [-0.4, -0.2) is 6.54 Å². The fourth-order valence-corrected chi connectivity index (χ4v) is 1.87. The predicted octanol–water partition coefficient (Wildman–Crippen LogP) is 3.94. The molecule has 18 heavy (non-hydrogen) atoms. The second-order valence-electron chi connectivity index (χ2n) is 4.20. The van der Waals surface area contributed by atoms with E-state index in [-0.39, 0.29) is 0 Å². The average molecular weight is 262 g/mol. The van der Waals surface area contributed by atoms with Crippen molar-refractivity contribution in [2.45, 2.75) is 13.3 Å². The average Bonchev–Trinajstić information content (AvgIpc) is 2.35. The Kier molecular flexibility index (Phi) is 4.24. The number of benzene rings is 2. The van der Waals surface area contributed by atoms with Gasteiger partial charge in [-0.2, -0.15) is 0 Å². The molecule has 3 heteroatoms. The molecular weight excluding hydrogens is 246 g/mol. The SMILES string of the molecule is Cc1cc(Oc2cccc(CCN)c2)ccc1Cl. The van der Waals surface area contributed by atoms with Crippen LogP contribution in [0.3, 0.4) is 0 Å². The molecular formula is C15H16ClNO. The van der Waals surface area contributed by atoms with Gasteiger partial charge >= 0.3 is 0 Å². The van der Waals surface area contributed by atoms with Gasteiger partial charge < -0.3 is 10.5 Å². The van der Waals surface area contributed by atoms with E-state index >= 15 is 0 Å². The van der Waals surface area contributed by atoms with Crippen LogP contribution in [0.1, 0.15) is 11.1 Å². The molecule has 0 aliphatic rings. The van der Waals surface area contributed by atoms with Crippen molar-refractivity contribution in [3.05, 3.63) is 58.6 Å². The van der Waals surface area contributed by atoms with E-state index in [1.54, 1.807) is 0 Å². The maximum atomic E-state index is 5.98. The van der Waals surface area contributed by atoms with Gasteiger partial charge in [0.25, 0.3) is 0 Å². The van der Waals surface area contributed by atoms with Gasteiger partial charge in [-0.3, -0.25) is 0 Å². The Morgan fingerprint density at radius 1 is 1.11 bits per heavy atom. The van der Waals surface area contributed by atoms with Gasteiger partial charge in [-0.05, 0) is 61.3 Å². The molecule has 0 spiro atoms. The van der Waals surface area contributed by atoms with Crippen LogP contribution in [0, 0.1) is 6.92 Å². The third kappa shape index (κ3) is 3.25. The van der Waals surface area contributed by atoms with Gasteiger partial charge in [0, 0.05) is 5.02 Å². The number of nitrogens with two attached hydrogens (primary N) is 1. The van der Waals surface area contributed by atoms with Gasteiger partial charge in [-0.25, -0.2) is 0 Å². The molecule has 0 heterocycles. The van der Waals surface area contributed by atoms with Crippen molar-refractivity contribution in [3.8, 4) is 11.5 Å². The number of hydrogen-bond acceptors (Lipinski definition) is 2. The third-order valence-corrected chi connectivity index (χ3v) is 3.12. The van der Waals surface area contributed by atoms with Gasteiger partial charge in [-0.15, -0.1) is 0 Å². The molecule has 0 amide bonds. The summed E-state index contributed by atoms with van der Waals surface area (Å²) in [5.41, 5.74) is 7.73. The molecule has 0 aliphatic heterocycles. The number of aryl methyl sites for hydroxylation is 1. The van der Waals surface area contributed by atoms with E-state index in [9.17, 15) is 0 Å². The zero-order valence-corrected chi connectivity index (χ0v) is 11.1. The topological polar surface area (TPSA) is 35.2 Å². The lowest BCUT2D eigenvalue weighted by Gasteiger charge is -2.08. The molecule has 0 saturated carbocycles. The standard InChI is InChI=1S/C15H16ClNO/c1-11-9-14(5-6-15(11)16)18-13-4-2-3-12(10-13)7-8-17/h2-6,9-10H,7-8,17H2,1H3. The normalized spacial score (nSPS) is 10.4. The lowest BCUT2D eigenvalue weighted by molar-refractivity contribution is 0.481. The first kappa shape index (κ1) is 12.9.